The Morgan fingerprint density at radius 1 is 1.25 bits per heavy atom. The Bertz CT molecular complexity index is 830. The van der Waals surface area contributed by atoms with Crippen molar-refractivity contribution in [1.82, 2.24) is 4.90 Å². The number of nitrogens with zero attached hydrogens (tertiary/aromatic N) is 1. The lowest BCUT2D eigenvalue weighted by Crippen LogP contribution is -2.42. The maximum absolute atomic E-state index is 14.5. The minimum atomic E-state index is -1.14. The number of benzene rings is 2. The normalized spacial score (nSPS) is 23.5. The van der Waals surface area contributed by atoms with E-state index in [0.717, 1.165) is 36.3 Å². The summed E-state index contributed by atoms with van der Waals surface area (Å²) >= 11 is 6.27. The van der Waals surface area contributed by atoms with Gasteiger partial charge in [0.25, 0.3) is 0 Å². The van der Waals surface area contributed by atoms with Crippen LogP contribution < -0.4 is 4.74 Å². The van der Waals surface area contributed by atoms with Crippen LogP contribution in [-0.2, 0) is 6.42 Å². The summed E-state index contributed by atoms with van der Waals surface area (Å²) in [6.45, 7) is 0.725. The number of ether oxygens (including phenoxy) is 1. The van der Waals surface area contributed by atoms with Crippen LogP contribution in [0.25, 0.3) is 6.08 Å². The fourth-order valence-electron chi connectivity index (χ4n) is 4.06. The third-order valence-electron chi connectivity index (χ3n) is 5.54. The van der Waals surface area contributed by atoms with Crippen molar-refractivity contribution in [1.29, 1.82) is 0 Å². The van der Waals surface area contributed by atoms with E-state index >= 15 is 0 Å². The Balaban J connectivity index is 1.99. The van der Waals surface area contributed by atoms with E-state index in [1.807, 2.05) is 44.4 Å². The zero-order valence-corrected chi connectivity index (χ0v) is 17.3. The van der Waals surface area contributed by atoms with Crippen LogP contribution in [0.15, 0.2) is 48.0 Å². The zero-order chi connectivity index (χ0) is 20.3. The maximum atomic E-state index is 14.5. The third kappa shape index (κ3) is 4.40. The highest BCUT2D eigenvalue weighted by molar-refractivity contribution is 6.31. The molecule has 2 aromatic carbocycles. The van der Waals surface area contributed by atoms with Crippen molar-refractivity contribution < 1.29 is 14.2 Å². The molecule has 1 saturated carbocycles. The second-order valence-corrected chi connectivity index (χ2v) is 8.15. The number of halogens is 2. The molecule has 3 rings (SSSR count). The van der Waals surface area contributed by atoms with Crippen molar-refractivity contribution in [2.24, 2.45) is 5.92 Å². The van der Waals surface area contributed by atoms with Gasteiger partial charge in [-0.25, -0.2) is 4.39 Å². The van der Waals surface area contributed by atoms with E-state index in [1.165, 1.54) is 6.07 Å². The van der Waals surface area contributed by atoms with Gasteiger partial charge in [0.05, 0.1) is 12.7 Å². The van der Waals surface area contributed by atoms with E-state index in [1.54, 1.807) is 19.2 Å². The van der Waals surface area contributed by atoms with Crippen molar-refractivity contribution in [2.45, 2.75) is 24.9 Å². The van der Waals surface area contributed by atoms with Crippen molar-refractivity contribution in [2.75, 3.05) is 27.7 Å². The number of rotatable bonds is 6. The van der Waals surface area contributed by atoms with Gasteiger partial charge in [-0.3, -0.25) is 0 Å². The van der Waals surface area contributed by atoms with Gasteiger partial charge in [0.1, 0.15) is 11.6 Å². The predicted molar refractivity (Wildman–Crippen MR) is 112 cm³/mol. The van der Waals surface area contributed by atoms with E-state index in [2.05, 4.69) is 4.90 Å². The SMILES string of the molecule is COc1ccc(C=C2CCC(CN(C)C)C2(O)Cc2c(F)cccc2Cl)cc1. The summed E-state index contributed by atoms with van der Waals surface area (Å²) in [5, 5.41) is 12.1. The lowest BCUT2D eigenvalue weighted by atomic mass is 9.81. The molecule has 28 heavy (non-hydrogen) atoms. The van der Waals surface area contributed by atoms with Gasteiger partial charge in [-0.15, -0.1) is 0 Å². The molecule has 5 heteroatoms. The van der Waals surface area contributed by atoms with Crippen LogP contribution in [0.2, 0.25) is 5.02 Å². The van der Waals surface area contributed by atoms with Crippen LogP contribution in [0, 0.1) is 11.7 Å². The highest BCUT2D eigenvalue weighted by Crippen LogP contribution is 2.45. The first kappa shape index (κ1) is 20.8. The largest absolute Gasteiger partial charge is 0.497 e. The first-order valence-corrected chi connectivity index (χ1v) is 9.86. The Kier molecular flexibility index (Phi) is 6.43. The molecule has 0 aliphatic heterocycles. The smallest absolute Gasteiger partial charge is 0.128 e. The van der Waals surface area contributed by atoms with Crippen LogP contribution in [-0.4, -0.2) is 43.4 Å². The molecule has 3 nitrogen and oxygen atoms in total. The van der Waals surface area contributed by atoms with Crippen molar-refractivity contribution in [3.05, 3.63) is 70.0 Å². The van der Waals surface area contributed by atoms with E-state index in [9.17, 15) is 9.50 Å². The Hall–Kier alpha value is -1.88. The van der Waals surface area contributed by atoms with E-state index in [4.69, 9.17) is 16.3 Å². The van der Waals surface area contributed by atoms with Crippen LogP contribution in [0.5, 0.6) is 5.75 Å². The molecule has 2 aromatic rings. The minimum absolute atomic E-state index is 0.00247. The summed E-state index contributed by atoms with van der Waals surface area (Å²) in [5.74, 6) is 0.412. The van der Waals surface area contributed by atoms with Gasteiger partial charge in [0, 0.05) is 29.5 Å². The molecule has 1 aliphatic rings. The summed E-state index contributed by atoms with van der Waals surface area (Å²) in [6, 6.07) is 12.4. The number of hydrogen-bond donors (Lipinski definition) is 1. The predicted octanol–water partition coefficient (Wildman–Crippen LogP) is 4.82. The molecule has 0 amide bonds. The molecular formula is C23H27ClFNO2. The Labute approximate surface area is 171 Å². The molecule has 0 heterocycles. The molecule has 0 saturated heterocycles. The van der Waals surface area contributed by atoms with Gasteiger partial charge < -0.3 is 14.7 Å². The fraction of sp³-hybridized carbons (Fsp3) is 0.391. The van der Waals surface area contributed by atoms with Crippen LogP contribution in [0.1, 0.15) is 24.0 Å². The maximum Gasteiger partial charge on any atom is 0.128 e. The van der Waals surface area contributed by atoms with Gasteiger partial charge >= 0.3 is 0 Å². The molecular weight excluding hydrogens is 377 g/mol. The molecule has 0 radical (unpaired) electrons. The van der Waals surface area contributed by atoms with E-state index in [-0.39, 0.29) is 18.2 Å². The van der Waals surface area contributed by atoms with Gasteiger partial charge in [0.15, 0.2) is 0 Å². The average Bonchev–Trinajstić information content (AvgIpc) is 2.94. The molecule has 1 aliphatic carbocycles. The second-order valence-electron chi connectivity index (χ2n) is 7.74. The number of methoxy groups -OCH3 is 1. The topological polar surface area (TPSA) is 32.7 Å². The van der Waals surface area contributed by atoms with Gasteiger partial charge in [-0.2, -0.15) is 0 Å². The van der Waals surface area contributed by atoms with E-state index in [0.29, 0.717) is 10.6 Å². The van der Waals surface area contributed by atoms with Gasteiger partial charge in [0.2, 0.25) is 0 Å². The third-order valence-corrected chi connectivity index (χ3v) is 5.90. The molecule has 1 N–H and O–H groups in total. The quantitative estimate of drug-likeness (QED) is 0.750. The molecule has 1 fully saturated rings. The van der Waals surface area contributed by atoms with Crippen molar-refractivity contribution in [3.63, 3.8) is 0 Å². The summed E-state index contributed by atoms with van der Waals surface area (Å²) in [7, 11) is 5.61. The average molecular weight is 404 g/mol. The Morgan fingerprint density at radius 3 is 2.57 bits per heavy atom. The van der Waals surface area contributed by atoms with Crippen molar-refractivity contribution in [3.8, 4) is 5.75 Å². The highest BCUT2D eigenvalue weighted by Gasteiger charge is 2.45. The van der Waals surface area contributed by atoms with Crippen LogP contribution in [0.4, 0.5) is 4.39 Å². The minimum Gasteiger partial charge on any atom is -0.497 e. The summed E-state index contributed by atoms with van der Waals surface area (Å²) in [5.41, 5.74) is 1.14. The number of hydrogen-bond acceptors (Lipinski definition) is 3. The molecule has 0 bridgehead atoms. The fourth-order valence-corrected chi connectivity index (χ4v) is 4.29. The zero-order valence-electron chi connectivity index (χ0n) is 16.6. The highest BCUT2D eigenvalue weighted by atomic mass is 35.5. The first-order chi connectivity index (χ1) is 13.3. The molecule has 2 atom stereocenters. The second kappa shape index (κ2) is 8.64. The van der Waals surface area contributed by atoms with Gasteiger partial charge in [-0.05, 0) is 62.3 Å². The summed E-state index contributed by atoms with van der Waals surface area (Å²) in [6.07, 6.45) is 3.80. The van der Waals surface area contributed by atoms with Gasteiger partial charge in [-0.1, -0.05) is 35.9 Å². The summed E-state index contributed by atoms with van der Waals surface area (Å²) in [4.78, 5) is 2.06. The lowest BCUT2D eigenvalue weighted by Gasteiger charge is -2.34. The van der Waals surface area contributed by atoms with Crippen molar-refractivity contribution >= 4 is 17.7 Å². The monoisotopic (exact) mass is 403 g/mol. The molecule has 0 spiro atoms. The first-order valence-electron chi connectivity index (χ1n) is 9.48. The molecule has 2 unspecified atom stereocenters. The van der Waals surface area contributed by atoms with Crippen LogP contribution >= 0.6 is 11.6 Å². The molecule has 150 valence electrons. The van der Waals surface area contributed by atoms with E-state index < -0.39 is 5.60 Å². The van der Waals surface area contributed by atoms with Crippen LogP contribution in [0.3, 0.4) is 0 Å². The summed E-state index contributed by atoms with van der Waals surface area (Å²) < 4.78 is 19.7. The number of aliphatic hydroxyl groups is 1. The Morgan fingerprint density at radius 2 is 1.96 bits per heavy atom. The molecule has 0 aromatic heterocycles. The lowest BCUT2D eigenvalue weighted by molar-refractivity contribution is 0.0250. The standard InChI is InChI=1S/C23H27ClFNO2/c1-26(2)15-18-10-9-17(13-16-7-11-19(28-3)12-8-16)23(18,27)14-20-21(24)5-4-6-22(20)25/h4-8,11-13,18,27H,9-10,14-15H2,1-3H3.